The van der Waals surface area contributed by atoms with E-state index < -0.39 is 0 Å². The van der Waals surface area contributed by atoms with Gasteiger partial charge in [-0.15, -0.1) is 0 Å². The van der Waals surface area contributed by atoms with E-state index in [2.05, 4.69) is 29.6 Å². The molecule has 0 fully saturated rings. The Hall–Kier alpha value is -1.36. The van der Waals surface area contributed by atoms with Gasteiger partial charge in [-0.3, -0.25) is 9.48 Å². The predicted molar refractivity (Wildman–Crippen MR) is 72.2 cm³/mol. The fourth-order valence-electron chi connectivity index (χ4n) is 1.52. The normalized spacial score (nSPS) is 13.1. The number of hydrogen-bond donors (Lipinski definition) is 2. The first-order chi connectivity index (χ1) is 8.40. The van der Waals surface area contributed by atoms with E-state index in [0.29, 0.717) is 12.6 Å². The van der Waals surface area contributed by atoms with Crippen LogP contribution in [0, 0.1) is 0 Å². The van der Waals surface area contributed by atoms with Gasteiger partial charge in [-0.05, 0) is 40.7 Å². The summed E-state index contributed by atoms with van der Waals surface area (Å²) in [5.41, 5.74) is 0.952. The van der Waals surface area contributed by atoms with Crippen molar-refractivity contribution in [2.45, 2.75) is 59.3 Å². The van der Waals surface area contributed by atoms with Gasteiger partial charge < -0.3 is 10.6 Å². The molecule has 0 aliphatic rings. The van der Waals surface area contributed by atoms with Crippen LogP contribution in [0.5, 0.6) is 0 Å². The maximum absolute atomic E-state index is 11.7. The van der Waals surface area contributed by atoms with Gasteiger partial charge in [-0.2, -0.15) is 5.10 Å². The molecule has 0 aliphatic carbocycles. The lowest BCUT2D eigenvalue weighted by Crippen LogP contribution is -2.44. The topological polar surface area (TPSA) is 59.0 Å². The quantitative estimate of drug-likeness (QED) is 0.806. The van der Waals surface area contributed by atoms with Crippen molar-refractivity contribution >= 4 is 5.91 Å². The Morgan fingerprint density at radius 3 is 2.50 bits per heavy atom. The van der Waals surface area contributed by atoms with Crippen molar-refractivity contribution in [3.63, 3.8) is 0 Å². The lowest BCUT2D eigenvalue weighted by Gasteiger charge is -2.15. The summed E-state index contributed by atoms with van der Waals surface area (Å²) in [6, 6.07) is 2.29. The Labute approximate surface area is 109 Å². The smallest absolute Gasteiger partial charge is 0.237 e. The Morgan fingerprint density at radius 2 is 2.00 bits per heavy atom. The molecule has 5 nitrogen and oxygen atoms in total. The summed E-state index contributed by atoms with van der Waals surface area (Å²) in [6.45, 7) is 10.5. The summed E-state index contributed by atoms with van der Waals surface area (Å²) in [6.07, 6.45) is 1.96. The number of carbonyl (C=O) groups excluding carboxylic acids is 1. The molecule has 102 valence electrons. The molecule has 5 heteroatoms. The number of nitrogens with one attached hydrogen (secondary N) is 2. The van der Waals surface area contributed by atoms with Crippen LogP contribution in [0.15, 0.2) is 12.3 Å². The molecule has 2 N–H and O–H groups in total. The maximum Gasteiger partial charge on any atom is 0.237 e. The highest BCUT2D eigenvalue weighted by Gasteiger charge is 2.13. The summed E-state index contributed by atoms with van der Waals surface area (Å²) in [5, 5.41) is 10.5. The van der Waals surface area contributed by atoms with Crippen LogP contribution in [0.1, 0.15) is 46.4 Å². The van der Waals surface area contributed by atoms with E-state index in [1.54, 1.807) is 0 Å². The van der Waals surface area contributed by atoms with E-state index in [1.807, 2.05) is 37.7 Å². The summed E-state index contributed by atoms with van der Waals surface area (Å²) in [4.78, 5) is 11.7. The van der Waals surface area contributed by atoms with Crippen molar-refractivity contribution in [3.05, 3.63) is 18.0 Å². The Balaban J connectivity index is 2.42. The van der Waals surface area contributed by atoms with Crippen LogP contribution in [-0.2, 0) is 11.3 Å². The van der Waals surface area contributed by atoms with Crippen LogP contribution >= 0.6 is 0 Å². The third-order valence-electron chi connectivity index (χ3n) is 2.61. The SMILES string of the molecule is CC(C)NC(=O)C(C)NCc1ccn(C(C)C)n1. The fourth-order valence-corrected chi connectivity index (χ4v) is 1.52. The summed E-state index contributed by atoms with van der Waals surface area (Å²) in [5.74, 6) is 0.0216. The minimum atomic E-state index is -0.211. The zero-order valence-corrected chi connectivity index (χ0v) is 11.9. The van der Waals surface area contributed by atoms with Gasteiger partial charge in [0.25, 0.3) is 0 Å². The standard InChI is InChI=1S/C13H24N4O/c1-9(2)15-13(18)11(5)14-8-12-6-7-17(16-12)10(3)4/h6-7,9-11,14H,8H2,1-5H3,(H,15,18). The molecular formula is C13H24N4O. The van der Waals surface area contributed by atoms with Gasteiger partial charge in [0.05, 0.1) is 11.7 Å². The van der Waals surface area contributed by atoms with Gasteiger partial charge in [0.1, 0.15) is 0 Å². The molecule has 0 bridgehead atoms. The minimum absolute atomic E-state index is 0.0216. The van der Waals surface area contributed by atoms with Crippen LogP contribution in [0.3, 0.4) is 0 Å². The molecule has 0 spiro atoms. The second-order valence-corrected chi connectivity index (χ2v) is 5.15. The van der Waals surface area contributed by atoms with Crippen LogP contribution in [0.2, 0.25) is 0 Å². The van der Waals surface area contributed by atoms with Crippen molar-refractivity contribution in [1.82, 2.24) is 20.4 Å². The van der Waals surface area contributed by atoms with Gasteiger partial charge >= 0.3 is 0 Å². The molecule has 0 saturated heterocycles. The number of hydrogen-bond acceptors (Lipinski definition) is 3. The Kier molecular flexibility index (Phi) is 5.34. The summed E-state index contributed by atoms with van der Waals surface area (Å²) in [7, 11) is 0. The average Bonchev–Trinajstić information content (AvgIpc) is 2.73. The van der Waals surface area contributed by atoms with Crippen LogP contribution in [0.4, 0.5) is 0 Å². The third kappa shape index (κ3) is 4.49. The first kappa shape index (κ1) is 14.7. The largest absolute Gasteiger partial charge is 0.353 e. The molecule has 1 heterocycles. The van der Waals surface area contributed by atoms with E-state index in [-0.39, 0.29) is 18.0 Å². The Morgan fingerprint density at radius 1 is 1.33 bits per heavy atom. The molecule has 18 heavy (non-hydrogen) atoms. The van der Waals surface area contributed by atoms with Gasteiger partial charge in [-0.1, -0.05) is 0 Å². The van der Waals surface area contributed by atoms with Crippen LogP contribution < -0.4 is 10.6 Å². The van der Waals surface area contributed by atoms with Gasteiger partial charge in [-0.25, -0.2) is 0 Å². The second kappa shape index (κ2) is 6.54. The molecule has 0 aliphatic heterocycles. The van der Waals surface area contributed by atoms with E-state index in [4.69, 9.17) is 0 Å². The van der Waals surface area contributed by atoms with E-state index >= 15 is 0 Å². The third-order valence-corrected chi connectivity index (χ3v) is 2.61. The molecule has 1 atom stereocenters. The monoisotopic (exact) mass is 252 g/mol. The van der Waals surface area contributed by atoms with Crippen molar-refractivity contribution in [2.75, 3.05) is 0 Å². The molecule has 1 aromatic rings. The van der Waals surface area contributed by atoms with Crippen molar-refractivity contribution in [3.8, 4) is 0 Å². The molecule has 1 aromatic heterocycles. The number of rotatable bonds is 6. The molecule has 1 rings (SSSR count). The Bertz CT molecular complexity index is 384. The summed E-state index contributed by atoms with van der Waals surface area (Å²) >= 11 is 0. The first-order valence-electron chi connectivity index (χ1n) is 6.48. The molecule has 1 unspecified atom stereocenters. The minimum Gasteiger partial charge on any atom is -0.353 e. The predicted octanol–water partition coefficient (Wildman–Crippen LogP) is 1.47. The highest BCUT2D eigenvalue weighted by Crippen LogP contribution is 2.04. The summed E-state index contributed by atoms with van der Waals surface area (Å²) < 4.78 is 1.91. The van der Waals surface area contributed by atoms with E-state index in [1.165, 1.54) is 0 Å². The number of nitrogens with zero attached hydrogens (tertiary/aromatic N) is 2. The lowest BCUT2D eigenvalue weighted by atomic mass is 10.2. The molecule has 1 amide bonds. The van der Waals surface area contributed by atoms with Crippen LogP contribution in [-0.4, -0.2) is 27.8 Å². The molecular weight excluding hydrogens is 228 g/mol. The van der Waals surface area contributed by atoms with Gasteiger partial charge in [0, 0.05) is 24.8 Å². The number of amides is 1. The van der Waals surface area contributed by atoms with Gasteiger partial charge in [0.2, 0.25) is 5.91 Å². The first-order valence-corrected chi connectivity index (χ1v) is 6.48. The van der Waals surface area contributed by atoms with Gasteiger partial charge in [0.15, 0.2) is 0 Å². The second-order valence-electron chi connectivity index (χ2n) is 5.15. The zero-order valence-electron chi connectivity index (χ0n) is 11.9. The number of aromatic nitrogens is 2. The maximum atomic E-state index is 11.7. The number of carbonyl (C=O) groups is 1. The highest BCUT2D eigenvalue weighted by molar-refractivity contribution is 5.81. The van der Waals surface area contributed by atoms with E-state index in [9.17, 15) is 4.79 Å². The molecule has 0 saturated carbocycles. The van der Waals surface area contributed by atoms with E-state index in [0.717, 1.165) is 5.69 Å². The van der Waals surface area contributed by atoms with Crippen molar-refractivity contribution in [1.29, 1.82) is 0 Å². The highest BCUT2D eigenvalue weighted by atomic mass is 16.2. The molecule has 0 aromatic carbocycles. The van der Waals surface area contributed by atoms with Crippen molar-refractivity contribution < 1.29 is 4.79 Å². The fraction of sp³-hybridized carbons (Fsp3) is 0.692. The average molecular weight is 252 g/mol. The zero-order chi connectivity index (χ0) is 13.7. The van der Waals surface area contributed by atoms with Crippen LogP contribution in [0.25, 0.3) is 0 Å². The van der Waals surface area contributed by atoms with Crippen molar-refractivity contribution in [2.24, 2.45) is 0 Å². The lowest BCUT2D eigenvalue weighted by molar-refractivity contribution is -0.123. The molecule has 0 radical (unpaired) electrons.